The highest BCUT2D eigenvalue weighted by atomic mass is 16.6. The van der Waals surface area contributed by atoms with Gasteiger partial charge >= 0.3 is 5.97 Å². The second-order valence-electron chi connectivity index (χ2n) is 6.68. The number of ether oxygens (including phenoxy) is 1. The Bertz CT molecular complexity index is 1490. The molecule has 2 aromatic heterocycles. The first-order valence-corrected chi connectivity index (χ1v) is 9.00. The molecule has 2 heterocycles. The molecule has 0 fully saturated rings. The summed E-state index contributed by atoms with van der Waals surface area (Å²) in [5.41, 5.74) is 2.29. The molecule has 0 atom stereocenters. The summed E-state index contributed by atoms with van der Waals surface area (Å²) in [6.07, 6.45) is 1.69. The maximum atomic E-state index is 12.2. The number of rotatable bonds is 3. The van der Waals surface area contributed by atoms with E-state index in [9.17, 15) is 14.9 Å². The molecule has 8 nitrogen and oxygen atoms in total. The number of methoxy groups -OCH3 is 1. The second kappa shape index (κ2) is 6.63. The second-order valence-corrected chi connectivity index (χ2v) is 6.68. The predicted octanol–water partition coefficient (Wildman–Crippen LogP) is 4.89. The predicted molar refractivity (Wildman–Crippen MR) is 110 cm³/mol. The molecule has 0 spiro atoms. The molecule has 5 aromatic rings. The van der Waals surface area contributed by atoms with Crippen LogP contribution < -0.4 is 0 Å². The number of carbonyl (C=O) groups is 1. The first-order chi connectivity index (χ1) is 14.5. The number of carbonyl (C=O) groups excluding carboxylic acids is 1. The van der Waals surface area contributed by atoms with E-state index in [0.29, 0.717) is 22.2 Å². The molecule has 0 N–H and O–H groups in total. The molecule has 0 aliphatic heterocycles. The number of fused-ring (bicyclic) bond motifs is 4. The molecule has 0 amide bonds. The minimum atomic E-state index is -0.494. The largest absolute Gasteiger partial charge is 0.465 e. The van der Waals surface area contributed by atoms with Crippen LogP contribution >= 0.6 is 0 Å². The van der Waals surface area contributed by atoms with Gasteiger partial charge in [-0.2, -0.15) is 0 Å². The number of pyridine rings is 1. The van der Waals surface area contributed by atoms with E-state index in [4.69, 9.17) is 9.15 Å². The van der Waals surface area contributed by atoms with Gasteiger partial charge in [-0.1, -0.05) is 18.2 Å². The highest BCUT2D eigenvalue weighted by Gasteiger charge is 2.19. The Morgan fingerprint density at radius 1 is 1.10 bits per heavy atom. The van der Waals surface area contributed by atoms with Crippen molar-refractivity contribution in [2.75, 3.05) is 7.11 Å². The molecule has 3 aromatic carbocycles. The zero-order valence-electron chi connectivity index (χ0n) is 15.7. The van der Waals surface area contributed by atoms with E-state index in [1.807, 2.05) is 24.3 Å². The molecule has 0 saturated carbocycles. The van der Waals surface area contributed by atoms with Crippen molar-refractivity contribution < 1.29 is 18.9 Å². The van der Waals surface area contributed by atoms with E-state index in [1.54, 1.807) is 18.3 Å². The van der Waals surface area contributed by atoms with E-state index < -0.39 is 10.9 Å². The minimum absolute atomic E-state index is 0.0809. The number of oxazole rings is 1. The number of non-ortho nitro benzene ring substituents is 1. The lowest BCUT2D eigenvalue weighted by molar-refractivity contribution is -0.384. The van der Waals surface area contributed by atoms with E-state index in [2.05, 4.69) is 9.97 Å². The number of nitro benzene ring substituents is 1. The van der Waals surface area contributed by atoms with Crippen LogP contribution in [0.15, 0.2) is 65.2 Å². The average Bonchev–Trinajstić information content (AvgIpc) is 3.20. The monoisotopic (exact) mass is 399 g/mol. The van der Waals surface area contributed by atoms with Crippen molar-refractivity contribution >= 4 is 44.4 Å². The maximum Gasteiger partial charge on any atom is 0.337 e. The van der Waals surface area contributed by atoms with Crippen LogP contribution in [0, 0.1) is 10.1 Å². The zero-order chi connectivity index (χ0) is 20.8. The van der Waals surface area contributed by atoms with Crippen molar-refractivity contribution in [3.8, 4) is 11.5 Å². The van der Waals surface area contributed by atoms with Crippen LogP contribution in [0.1, 0.15) is 10.4 Å². The maximum absolute atomic E-state index is 12.2. The zero-order valence-corrected chi connectivity index (χ0v) is 15.7. The number of benzene rings is 3. The number of nitrogens with zero attached hydrogens (tertiary/aromatic N) is 3. The van der Waals surface area contributed by atoms with Gasteiger partial charge in [0.05, 0.1) is 23.1 Å². The van der Waals surface area contributed by atoms with Crippen LogP contribution in [0.2, 0.25) is 0 Å². The van der Waals surface area contributed by atoms with Gasteiger partial charge in [-0.3, -0.25) is 15.1 Å². The van der Waals surface area contributed by atoms with Crippen LogP contribution in [0.3, 0.4) is 0 Å². The summed E-state index contributed by atoms with van der Waals surface area (Å²) < 4.78 is 10.8. The number of hydrogen-bond acceptors (Lipinski definition) is 7. The third kappa shape index (κ3) is 2.74. The van der Waals surface area contributed by atoms with Gasteiger partial charge in [0.2, 0.25) is 5.89 Å². The SMILES string of the molecule is COC(=O)c1cc(-c2nc3cc([N+](=O)[O-])ccc3o2)c2c(ccc3cccnc32)c1. The van der Waals surface area contributed by atoms with E-state index in [-0.39, 0.29) is 11.6 Å². The van der Waals surface area contributed by atoms with Gasteiger partial charge < -0.3 is 9.15 Å². The first kappa shape index (κ1) is 17.7. The molecular formula is C22H13N3O5. The van der Waals surface area contributed by atoms with E-state index in [0.717, 1.165) is 21.7 Å². The number of nitro groups is 1. The van der Waals surface area contributed by atoms with Crippen molar-refractivity contribution in [2.45, 2.75) is 0 Å². The van der Waals surface area contributed by atoms with E-state index >= 15 is 0 Å². The minimum Gasteiger partial charge on any atom is -0.465 e. The van der Waals surface area contributed by atoms with Gasteiger partial charge in [-0.25, -0.2) is 9.78 Å². The van der Waals surface area contributed by atoms with Gasteiger partial charge in [0, 0.05) is 34.7 Å². The molecule has 0 saturated heterocycles. The standard InChI is InChI=1S/C22H13N3O5/c1-29-22(26)14-9-13-5-4-12-3-2-8-23-20(12)19(13)16(10-14)21-24-17-11-15(25(27)28)6-7-18(17)30-21/h2-11H,1H3. The Kier molecular flexibility index (Phi) is 3.92. The van der Waals surface area contributed by atoms with Crippen LogP contribution in [0.25, 0.3) is 44.2 Å². The fraction of sp³-hybridized carbons (Fsp3) is 0.0455. The molecule has 146 valence electrons. The summed E-state index contributed by atoms with van der Waals surface area (Å²) in [6.45, 7) is 0. The third-order valence-corrected chi connectivity index (χ3v) is 4.92. The normalized spacial score (nSPS) is 11.2. The Balaban J connectivity index is 1.86. The van der Waals surface area contributed by atoms with Crippen molar-refractivity contribution in [3.05, 3.63) is 76.5 Å². The van der Waals surface area contributed by atoms with Crippen molar-refractivity contribution in [1.82, 2.24) is 9.97 Å². The van der Waals surface area contributed by atoms with Crippen molar-refractivity contribution in [1.29, 1.82) is 0 Å². The van der Waals surface area contributed by atoms with Crippen LogP contribution in [0.5, 0.6) is 0 Å². The third-order valence-electron chi connectivity index (χ3n) is 4.92. The fourth-order valence-corrected chi connectivity index (χ4v) is 3.55. The average molecular weight is 399 g/mol. The molecule has 0 bridgehead atoms. The summed E-state index contributed by atoms with van der Waals surface area (Å²) in [6, 6.07) is 15.2. The Labute approximate surface area is 168 Å². The first-order valence-electron chi connectivity index (χ1n) is 9.00. The highest BCUT2D eigenvalue weighted by molar-refractivity contribution is 6.14. The van der Waals surface area contributed by atoms with Gasteiger partial charge in [-0.05, 0) is 29.7 Å². The smallest absolute Gasteiger partial charge is 0.337 e. The summed E-state index contributed by atoms with van der Waals surface area (Å²) >= 11 is 0. The summed E-state index contributed by atoms with van der Waals surface area (Å²) in [5.74, 6) is -0.259. The van der Waals surface area contributed by atoms with Gasteiger partial charge in [0.1, 0.15) is 5.52 Å². The quantitative estimate of drug-likeness (QED) is 0.184. The number of esters is 1. The number of hydrogen-bond donors (Lipinski definition) is 0. The lowest BCUT2D eigenvalue weighted by Gasteiger charge is -2.09. The summed E-state index contributed by atoms with van der Waals surface area (Å²) in [4.78, 5) is 31.8. The van der Waals surface area contributed by atoms with E-state index in [1.165, 1.54) is 25.3 Å². The Morgan fingerprint density at radius 3 is 2.73 bits per heavy atom. The lowest BCUT2D eigenvalue weighted by Crippen LogP contribution is -2.02. The lowest BCUT2D eigenvalue weighted by atomic mass is 9.98. The molecule has 5 rings (SSSR count). The molecular weight excluding hydrogens is 386 g/mol. The summed E-state index contributed by atoms with van der Waals surface area (Å²) in [5, 5.41) is 13.5. The fourth-order valence-electron chi connectivity index (χ4n) is 3.55. The van der Waals surface area contributed by atoms with Crippen LogP contribution in [-0.4, -0.2) is 28.0 Å². The van der Waals surface area contributed by atoms with Crippen LogP contribution in [-0.2, 0) is 4.74 Å². The Morgan fingerprint density at radius 2 is 1.93 bits per heavy atom. The molecule has 0 radical (unpaired) electrons. The molecule has 0 unspecified atom stereocenters. The number of aromatic nitrogens is 2. The van der Waals surface area contributed by atoms with Crippen molar-refractivity contribution in [2.24, 2.45) is 0 Å². The van der Waals surface area contributed by atoms with Crippen molar-refractivity contribution in [3.63, 3.8) is 0 Å². The van der Waals surface area contributed by atoms with Gasteiger partial charge in [0.25, 0.3) is 5.69 Å². The van der Waals surface area contributed by atoms with Gasteiger partial charge in [0.15, 0.2) is 5.58 Å². The van der Waals surface area contributed by atoms with Crippen LogP contribution in [0.4, 0.5) is 5.69 Å². The van der Waals surface area contributed by atoms with Gasteiger partial charge in [-0.15, -0.1) is 0 Å². The summed E-state index contributed by atoms with van der Waals surface area (Å²) in [7, 11) is 1.31. The molecule has 0 aliphatic carbocycles. The molecule has 0 aliphatic rings. The Hall–Kier alpha value is -4.33. The molecule has 8 heteroatoms. The topological polar surface area (TPSA) is 108 Å². The highest BCUT2D eigenvalue weighted by Crippen LogP contribution is 2.36. The molecule has 30 heavy (non-hydrogen) atoms.